The summed E-state index contributed by atoms with van der Waals surface area (Å²) in [6.45, 7) is 3.99. The molecule has 1 aromatic carbocycles. The molecule has 25 heavy (non-hydrogen) atoms. The summed E-state index contributed by atoms with van der Waals surface area (Å²) in [6.07, 6.45) is 0. The number of methoxy groups -OCH3 is 2. The smallest absolute Gasteiger partial charge is 0.259 e. The normalized spacial score (nSPS) is 11.0. The fourth-order valence-electron chi connectivity index (χ4n) is 2.62. The average Bonchev–Trinajstić information content (AvgIpc) is 2.89. The lowest BCUT2D eigenvalue weighted by Gasteiger charge is -2.10. The van der Waals surface area contributed by atoms with Crippen LogP contribution in [0.25, 0.3) is 10.2 Å². The number of fused-ring (bicyclic) bond motifs is 1. The topological polar surface area (TPSA) is 64.2 Å². The van der Waals surface area contributed by atoms with Gasteiger partial charge in [0.25, 0.3) is 5.56 Å². The zero-order valence-electron chi connectivity index (χ0n) is 14.6. The minimum absolute atomic E-state index is 0.0542. The van der Waals surface area contributed by atoms with Crippen LogP contribution in [0.5, 0.6) is 11.5 Å². The van der Waals surface area contributed by atoms with Crippen LogP contribution in [0.4, 0.5) is 0 Å². The Balaban J connectivity index is 1.76. The van der Waals surface area contributed by atoms with Gasteiger partial charge in [-0.05, 0) is 37.6 Å². The molecule has 0 atom stereocenters. The molecule has 0 amide bonds. The van der Waals surface area contributed by atoms with Gasteiger partial charge in [0.15, 0.2) is 0 Å². The highest BCUT2D eigenvalue weighted by Gasteiger charge is 2.12. The van der Waals surface area contributed by atoms with E-state index in [1.807, 2.05) is 32.0 Å². The van der Waals surface area contributed by atoms with Crippen LogP contribution in [0.2, 0.25) is 0 Å². The first-order chi connectivity index (χ1) is 12.0. The molecular weight excluding hydrogens is 356 g/mol. The Kier molecular flexibility index (Phi) is 5.34. The molecule has 0 saturated heterocycles. The highest BCUT2D eigenvalue weighted by molar-refractivity contribution is 7.97. The Morgan fingerprint density at radius 1 is 1.20 bits per heavy atom. The maximum Gasteiger partial charge on any atom is 0.259 e. The third kappa shape index (κ3) is 3.67. The van der Waals surface area contributed by atoms with Crippen LogP contribution < -0.4 is 15.0 Å². The first-order valence-electron chi connectivity index (χ1n) is 7.81. The molecular formula is C18H20N2O3S2. The average molecular weight is 377 g/mol. The fraction of sp³-hybridized carbons (Fsp3) is 0.333. The lowest BCUT2D eigenvalue weighted by molar-refractivity contribution is 0.400. The minimum atomic E-state index is -0.0542. The van der Waals surface area contributed by atoms with Gasteiger partial charge in [0, 0.05) is 16.2 Å². The number of aromatic nitrogens is 2. The van der Waals surface area contributed by atoms with E-state index in [0.717, 1.165) is 38.1 Å². The van der Waals surface area contributed by atoms with Gasteiger partial charge < -0.3 is 14.5 Å². The predicted octanol–water partition coefficient (Wildman–Crippen LogP) is 4.05. The molecule has 3 aromatic rings. The predicted molar refractivity (Wildman–Crippen MR) is 104 cm³/mol. The molecule has 0 spiro atoms. The van der Waals surface area contributed by atoms with Gasteiger partial charge in [-0.15, -0.1) is 23.1 Å². The Labute approximate surface area is 154 Å². The summed E-state index contributed by atoms with van der Waals surface area (Å²) in [5.41, 5.74) is 2.02. The van der Waals surface area contributed by atoms with E-state index in [2.05, 4.69) is 9.97 Å². The number of ether oxygens (including phenoxy) is 2. The third-order valence-electron chi connectivity index (χ3n) is 4.07. The van der Waals surface area contributed by atoms with Gasteiger partial charge in [-0.3, -0.25) is 4.79 Å². The van der Waals surface area contributed by atoms with Crippen molar-refractivity contribution < 1.29 is 9.47 Å². The minimum Gasteiger partial charge on any atom is -0.497 e. The molecule has 0 bridgehead atoms. The Bertz CT molecular complexity index is 963. The standard InChI is InChI=1S/C18H20N2O3S2/c1-10-11(2)25-18-16(10)17(21)19-15(20-18)9-24-8-12-7-13(22-3)5-6-14(12)23-4/h5-7H,8-9H2,1-4H3,(H,19,20,21). The molecule has 3 rings (SSSR count). The van der Waals surface area contributed by atoms with Gasteiger partial charge in [0.1, 0.15) is 22.2 Å². The number of thiophene rings is 1. The summed E-state index contributed by atoms with van der Waals surface area (Å²) in [5, 5.41) is 0.714. The molecule has 0 saturated carbocycles. The summed E-state index contributed by atoms with van der Waals surface area (Å²) in [5.74, 6) is 3.70. The summed E-state index contributed by atoms with van der Waals surface area (Å²) < 4.78 is 10.7. The number of hydrogen-bond acceptors (Lipinski definition) is 6. The van der Waals surface area contributed by atoms with Crippen molar-refractivity contribution in [3.8, 4) is 11.5 Å². The zero-order valence-corrected chi connectivity index (χ0v) is 16.3. The Morgan fingerprint density at radius 2 is 2.00 bits per heavy atom. The second kappa shape index (κ2) is 7.49. The van der Waals surface area contributed by atoms with Crippen molar-refractivity contribution in [3.05, 3.63) is 50.4 Å². The van der Waals surface area contributed by atoms with Crippen molar-refractivity contribution in [2.75, 3.05) is 14.2 Å². The molecule has 0 aliphatic rings. The lowest BCUT2D eigenvalue weighted by Crippen LogP contribution is -2.10. The van der Waals surface area contributed by atoms with E-state index in [9.17, 15) is 4.79 Å². The molecule has 2 aromatic heterocycles. The van der Waals surface area contributed by atoms with E-state index in [1.54, 1.807) is 37.3 Å². The monoisotopic (exact) mass is 376 g/mol. The van der Waals surface area contributed by atoms with Crippen LogP contribution >= 0.6 is 23.1 Å². The SMILES string of the molecule is COc1ccc(OC)c(CSCc2nc3sc(C)c(C)c3c(=O)[nH]2)c1. The van der Waals surface area contributed by atoms with Gasteiger partial charge in [-0.1, -0.05) is 0 Å². The molecule has 0 unspecified atom stereocenters. The van der Waals surface area contributed by atoms with E-state index in [1.165, 1.54) is 0 Å². The summed E-state index contributed by atoms with van der Waals surface area (Å²) in [6, 6.07) is 5.75. The van der Waals surface area contributed by atoms with Crippen molar-refractivity contribution in [2.24, 2.45) is 0 Å². The summed E-state index contributed by atoms with van der Waals surface area (Å²) in [7, 11) is 3.30. The van der Waals surface area contributed by atoms with Crippen molar-refractivity contribution >= 4 is 33.3 Å². The number of rotatable bonds is 6. The number of H-pyrrole nitrogens is 1. The van der Waals surface area contributed by atoms with Crippen molar-refractivity contribution in [1.82, 2.24) is 9.97 Å². The maximum atomic E-state index is 12.3. The molecule has 0 aliphatic carbocycles. The Hall–Kier alpha value is -1.99. The molecule has 0 aliphatic heterocycles. The van der Waals surface area contributed by atoms with E-state index in [4.69, 9.17) is 9.47 Å². The lowest BCUT2D eigenvalue weighted by atomic mass is 10.2. The number of hydrogen-bond donors (Lipinski definition) is 1. The van der Waals surface area contributed by atoms with E-state index in [-0.39, 0.29) is 5.56 Å². The summed E-state index contributed by atoms with van der Waals surface area (Å²) >= 11 is 3.24. The van der Waals surface area contributed by atoms with Crippen LogP contribution in [0, 0.1) is 13.8 Å². The fourth-order valence-corrected chi connectivity index (χ4v) is 4.55. The molecule has 5 nitrogen and oxygen atoms in total. The number of aryl methyl sites for hydroxylation is 2. The first kappa shape index (κ1) is 17.8. The number of aromatic amines is 1. The number of nitrogens with one attached hydrogen (secondary N) is 1. The first-order valence-corrected chi connectivity index (χ1v) is 9.78. The second-order valence-corrected chi connectivity index (χ2v) is 7.84. The van der Waals surface area contributed by atoms with E-state index < -0.39 is 0 Å². The highest BCUT2D eigenvalue weighted by Crippen LogP contribution is 2.29. The molecule has 2 heterocycles. The number of thioether (sulfide) groups is 1. The highest BCUT2D eigenvalue weighted by atomic mass is 32.2. The van der Waals surface area contributed by atoms with Crippen molar-refractivity contribution in [3.63, 3.8) is 0 Å². The maximum absolute atomic E-state index is 12.3. The molecule has 0 fully saturated rings. The van der Waals surface area contributed by atoms with Crippen molar-refractivity contribution in [2.45, 2.75) is 25.4 Å². The van der Waals surface area contributed by atoms with Gasteiger partial charge in [-0.2, -0.15) is 0 Å². The van der Waals surface area contributed by atoms with Crippen molar-refractivity contribution in [1.29, 1.82) is 0 Å². The number of nitrogens with zero attached hydrogens (tertiary/aromatic N) is 1. The third-order valence-corrected chi connectivity index (χ3v) is 6.17. The van der Waals surface area contributed by atoms with Crippen LogP contribution in [0.1, 0.15) is 21.8 Å². The van der Waals surface area contributed by atoms with E-state index in [0.29, 0.717) is 17.0 Å². The number of benzene rings is 1. The molecule has 132 valence electrons. The largest absolute Gasteiger partial charge is 0.497 e. The van der Waals surface area contributed by atoms with E-state index >= 15 is 0 Å². The molecule has 7 heteroatoms. The van der Waals surface area contributed by atoms with Gasteiger partial charge in [0.05, 0.1) is 25.4 Å². The van der Waals surface area contributed by atoms with Gasteiger partial charge in [0.2, 0.25) is 0 Å². The van der Waals surface area contributed by atoms with Crippen LogP contribution in [-0.2, 0) is 11.5 Å². The van der Waals surface area contributed by atoms with Crippen LogP contribution in [0.3, 0.4) is 0 Å². The molecule has 1 N–H and O–H groups in total. The zero-order chi connectivity index (χ0) is 18.0. The second-order valence-electron chi connectivity index (χ2n) is 5.65. The van der Waals surface area contributed by atoms with Gasteiger partial charge >= 0.3 is 0 Å². The summed E-state index contributed by atoms with van der Waals surface area (Å²) in [4.78, 5) is 21.8. The Morgan fingerprint density at radius 3 is 2.72 bits per heavy atom. The molecule has 0 radical (unpaired) electrons. The van der Waals surface area contributed by atoms with Gasteiger partial charge in [-0.25, -0.2) is 4.98 Å². The quantitative estimate of drug-likeness (QED) is 0.703. The van der Waals surface area contributed by atoms with Crippen LogP contribution in [0.15, 0.2) is 23.0 Å². The van der Waals surface area contributed by atoms with Crippen LogP contribution in [-0.4, -0.2) is 24.2 Å².